The van der Waals surface area contributed by atoms with Gasteiger partial charge in [-0.1, -0.05) is 20.8 Å². The van der Waals surface area contributed by atoms with E-state index in [0.717, 1.165) is 13.1 Å². The van der Waals surface area contributed by atoms with Gasteiger partial charge in [-0.15, -0.1) is 0 Å². The Hall–Kier alpha value is -0.480. The van der Waals surface area contributed by atoms with Gasteiger partial charge in [0, 0.05) is 37.1 Å². The highest BCUT2D eigenvalue weighted by Gasteiger charge is 2.10. The molecule has 0 aliphatic rings. The van der Waals surface area contributed by atoms with Gasteiger partial charge in [-0.2, -0.15) is 16.9 Å². The Bertz CT molecular complexity index is 320. The lowest BCUT2D eigenvalue weighted by Crippen LogP contribution is -2.22. The van der Waals surface area contributed by atoms with Crippen LogP contribution in [0.4, 0.5) is 0 Å². The molecule has 0 bridgehead atoms. The predicted molar refractivity (Wildman–Crippen MR) is 72.0 cm³/mol. The summed E-state index contributed by atoms with van der Waals surface area (Å²) in [5, 5.41) is 8.65. The molecule has 1 atom stereocenters. The number of thioether (sulfide) groups is 1. The van der Waals surface area contributed by atoms with Crippen LogP contribution in [0, 0.1) is 0 Å². The zero-order valence-corrected chi connectivity index (χ0v) is 11.8. The highest BCUT2D eigenvalue weighted by molar-refractivity contribution is 7.99. The Balaban J connectivity index is 2.53. The number of rotatable bonds is 6. The van der Waals surface area contributed by atoms with Gasteiger partial charge < -0.3 is 5.32 Å². The van der Waals surface area contributed by atoms with E-state index < -0.39 is 0 Å². The van der Waals surface area contributed by atoms with Crippen molar-refractivity contribution < 1.29 is 0 Å². The largest absolute Gasteiger partial charge is 0.311 e. The Kier molecular flexibility index (Phi) is 5.35. The van der Waals surface area contributed by atoms with E-state index in [0.29, 0.717) is 11.2 Å². The van der Waals surface area contributed by atoms with E-state index in [4.69, 9.17) is 0 Å². The van der Waals surface area contributed by atoms with Crippen molar-refractivity contribution in [1.82, 2.24) is 15.1 Å². The highest BCUT2D eigenvalue weighted by Crippen LogP contribution is 2.17. The molecule has 0 spiro atoms. The van der Waals surface area contributed by atoms with Crippen LogP contribution in [0.2, 0.25) is 0 Å². The van der Waals surface area contributed by atoms with Gasteiger partial charge in [-0.25, -0.2) is 0 Å². The minimum atomic E-state index is 0.496. The number of aromatic nitrogens is 2. The summed E-state index contributed by atoms with van der Waals surface area (Å²) in [5.74, 6) is 0.496. The SMILES string of the molecule is CSC(C)CNCc1cn(C)nc1C(C)C. The topological polar surface area (TPSA) is 29.9 Å². The van der Waals surface area contributed by atoms with Crippen molar-refractivity contribution in [3.63, 3.8) is 0 Å². The number of hydrogen-bond acceptors (Lipinski definition) is 3. The number of aryl methyl sites for hydroxylation is 1. The van der Waals surface area contributed by atoms with Crippen LogP contribution >= 0.6 is 11.8 Å². The molecule has 92 valence electrons. The number of nitrogens with zero attached hydrogens (tertiary/aromatic N) is 2. The van der Waals surface area contributed by atoms with Crippen molar-refractivity contribution in [3.05, 3.63) is 17.5 Å². The molecule has 0 amide bonds. The Morgan fingerprint density at radius 1 is 1.44 bits per heavy atom. The molecule has 0 aliphatic carbocycles. The molecular weight excluding hydrogens is 218 g/mol. The third-order valence-corrected chi connectivity index (χ3v) is 3.61. The summed E-state index contributed by atoms with van der Waals surface area (Å²) in [6, 6.07) is 0. The molecule has 1 aromatic rings. The first kappa shape index (κ1) is 13.6. The molecule has 3 nitrogen and oxygen atoms in total. The van der Waals surface area contributed by atoms with Crippen LogP contribution in [-0.2, 0) is 13.6 Å². The van der Waals surface area contributed by atoms with Crippen LogP contribution in [0.25, 0.3) is 0 Å². The molecule has 0 aliphatic heterocycles. The van der Waals surface area contributed by atoms with Crippen molar-refractivity contribution in [1.29, 1.82) is 0 Å². The smallest absolute Gasteiger partial charge is 0.0694 e. The maximum Gasteiger partial charge on any atom is 0.0694 e. The maximum atomic E-state index is 4.50. The fourth-order valence-corrected chi connectivity index (χ4v) is 1.96. The third-order valence-electron chi connectivity index (χ3n) is 2.63. The summed E-state index contributed by atoms with van der Waals surface area (Å²) < 4.78 is 1.91. The van der Waals surface area contributed by atoms with Crippen molar-refractivity contribution in [2.75, 3.05) is 12.8 Å². The first-order chi connectivity index (χ1) is 7.54. The van der Waals surface area contributed by atoms with Crippen LogP contribution < -0.4 is 5.32 Å². The summed E-state index contributed by atoms with van der Waals surface area (Å²) in [6.07, 6.45) is 4.27. The first-order valence-electron chi connectivity index (χ1n) is 5.80. The molecule has 1 aromatic heterocycles. The summed E-state index contributed by atoms with van der Waals surface area (Å²) >= 11 is 1.89. The molecule has 0 aromatic carbocycles. The molecule has 0 saturated carbocycles. The Morgan fingerprint density at radius 3 is 2.69 bits per heavy atom. The van der Waals surface area contributed by atoms with Crippen molar-refractivity contribution in [2.45, 2.75) is 38.5 Å². The fourth-order valence-electron chi connectivity index (χ4n) is 1.67. The van der Waals surface area contributed by atoms with E-state index >= 15 is 0 Å². The maximum absolute atomic E-state index is 4.50. The molecule has 16 heavy (non-hydrogen) atoms. The van der Waals surface area contributed by atoms with Crippen molar-refractivity contribution in [3.8, 4) is 0 Å². The Labute approximate surface area is 103 Å². The van der Waals surface area contributed by atoms with Gasteiger partial charge in [0.15, 0.2) is 0 Å². The van der Waals surface area contributed by atoms with Crippen molar-refractivity contribution in [2.24, 2.45) is 7.05 Å². The van der Waals surface area contributed by atoms with Crippen molar-refractivity contribution >= 4 is 11.8 Å². The van der Waals surface area contributed by atoms with E-state index in [2.05, 4.69) is 43.6 Å². The molecule has 0 saturated heterocycles. The Morgan fingerprint density at radius 2 is 2.12 bits per heavy atom. The van der Waals surface area contributed by atoms with Crippen LogP contribution in [-0.4, -0.2) is 27.8 Å². The number of nitrogens with one attached hydrogen (secondary N) is 1. The summed E-state index contributed by atoms with van der Waals surface area (Å²) in [6.45, 7) is 8.59. The molecule has 1 unspecified atom stereocenters. The van der Waals surface area contributed by atoms with E-state index in [9.17, 15) is 0 Å². The second-order valence-corrected chi connectivity index (χ2v) is 5.82. The van der Waals surface area contributed by atoms with Gasteiger partial charge in [0.2, 0.25) is 0 Å². The summed E-state index contributed by atoms with van der Waals surface area (Å²) in [5.41, 5.74) is 2.54. The third kappa shape index (κ3) is 3.83. The van der Waals surface area contributed by atoms with Crippen LogP contribution in [0.5, 0.6) is 0 Å². The van der Waals surface area contributed by atoms with E-state index in [1.54, 1.807) is 0 Å². The molecule has 1 N–H and O–H groups in total. The molecular formula is C12H23N3S. The van der Waals surface area contributed by atoms with Crippen LogP contribution in [0.1, 0.15) is 37.9 Å². The molecule has 0 radical (unpaired) electrons. The first-order valence-corrected chi connectivity index (χ1v) is 7.09. The fraction of sp³-hybridized carbons (Fsp3) is 0.750. The minimum Gasteiger partial charge on any atom is -0.311 e. The van der Waals surface area contributed by atoms with Gasteiger partial charge in [0.1, 0.15) is 0 Å². The van der Waals surface area contributed by atoms with E-state index in [-0.39, 0.29) is 0 Å². The molecule has 1 heterocycles. The van der Waals surface area contributed by atoms with Gasteiger partial charge in [0.25, 0.3) is 0 Å². The van der Waals surface area contributed by atoms with Gasteiger partial charge in [-0.05, 0) is 12.2 Å². The quantitative estimate of drug-likeness (QED) is 0.829. The zero-order valence-electron chi connectivity index (χ0n) is 10.9. The highest BCUT2D eigenvalue weighted by atomic mass is 32.2. The van der Waals surface area contributed by atoms with Gasteiger partial charge in [0.05, 0.1) is 5.69 Å². The van der Waals surface area contributed by atoms with E-state index in [1.807, 2.05) is 23.5 Å². The lowest BCUT2D eigenvalue weighted by Gasteiger charge is -2.10. The zero-order chi connectivity index (χ0) is 12.1. The number of hydrogen-bond donors (Lipinski definition) is 1. The lowest BCUT2D eigenvalue weighted by molar-refractivity contribution is 0.672. The average Bonchev–Trinajstić information content (AvgIpc) is 2.59. The minimum absolute atomic E-state index is 0.496. The lowest BCUT2D eigenvalue weighted by atomic mass is 10.1. The van der Waals surface area contributed by atoms with Gasteiger partial charge >= 0.3 is 0 Å². The standard InChI is InChI=1S/C12H23N3S/c1-9(2)12-11(8-15(4)14-12)7-13-6-10(3)16-5/h8-10,13H,6-7H2,1-5H3. The molecule has 0 fully saturated rings. The van der Waals surface area contributed by atoms with Crippen LogP contribution in [0.15, 0.2) is 6.20 Å². The van der Waals surface area contributed by atoms with E-state index in [1.165, 1.54) is 11.3 Å². The van der Waals surface area contributed by atoms with Crippen LogP contribution in [0.3, 0.4) is 0 Å². The normalized spacial score (nSPS) is 13.4. The summed E-state index contributed by atoms with van der Waals surface area (Å²) in [4.78, 5) is 0. The van der Waals surface area contributed by atoms with Gasteiger partial charge in [-0.3, -0.25) is 4.68 Å². The molecule has 1 rings (SSSR count). The predicted octanol–water partition coefficient (Wildman–Crippen LogP) is 2.38. The second kappa shape index (κ2) is 6.30. The molecule has 4 heteroatoms. The average molecular weight is 241 g/mol. The summed E-state index contributed by atoms with van der Waals surface area (Å²) in [7, 11) is 1.99. The monoisotopic (exact) mass is 241 g/mol. The second-order valence-electron chi connectivity index (χ2n) is 4.55.